The van der Waals surface area contributed by atoms with E-state index in [4.69, 9.17) is 5.73 Å². The third-order valence-corrected chi connectivity index (χ3v) is 3.09. The predicted molar refractivity (Wildman–Crippen MR) is 78.5 cm³/mol. The number of aromatic nitrogens is 2. The number of benzene rings is 1. The van der Waals surface area contributed by atoms with E-state index in [9.17, 15) is 9.59 Å². The molecule has 110 valence electrons. The topological polar surface area (TPSA) is 90.0 Å². The number of carbonyl (C=O) groups excluding carboxylic acids is 2. The van der Waals surface area contributed by atoms with Crippen LogP contribution in [0.4, 0.5) is 0 Å². The Bertz CT molecular complexity index is 634. The van der Waals surface area contributed by atoms with Crippen LogP contribution in [0.3, 0.4) is 0 Å². The molecule has 3 N–H and O–H groups in total. The molecule has 0 aliphatic rings. The summed E-state index contributed by atoms with van der Waals surface area (Å²) in [6, 6.07) is 8.19. The van der Waals surface area contributed by atoms with Crippen LogP contribution in [-0.4, -0.2) is 21.6 Å². The van der Waals surface area contributed by atoms with Crippen molar-refractivity contribution in [2.75, 3.05) is 0 Å². The van der Waals surface area contributed by atoms with Gasteiger partial charge >= 0.3 is 0 Å². The molecule has 0 radical (unpaired) electrons. The third-order valence-electron chi connectivity index (χ3n) is 3.09. The van der Waals surface area contributed by atoms with Crippen molar-refractivity contribution in [1.29, 1.82) is 0 Å². The number of rotatable bonds is 5. The Morgan fingerprint density at radius 1 is 1.24 bits per heavy atom. The second-order valence-electron chi connectivity index (χ2n) is 5.02. The first kappa shape index (κ1) is 14.8. The molecule has 0 spiro atoms. The lowest BCUT2D eigenvalue weighted by Crippen LogP contribution is -2.37. The van der Waals surface area contributed by atoms with Crippen LogP contribution in [0.25, 0.3) is 0 Å². The highest BCUT2D eigenvalue weighted by Crippen LogP contribution is 2.13. The van der Waals surface area contributed by atoms with Gasteiger partial charge in [-0.15, -0.1) is 0 Å². The summed E-state index contributed by atoms with van der Waals surface area (Å²) in [6.45, 7) is 3.93. The van der Waals surface area contributed by atoms with Gasteiger partial charge in [0, 0.05) is 12.2 Å². The van der Waals surface area contributed by atoms with Gasteiger partial charge in [-0.2, -0.15) is 5.10 Å². The first-order valence-corrected chi connectivity index (χ1v) is 6.68. The first-order chi connectivity index (χ1) is 9.99. The number of carbonyl (C=O) groups is 2. The quantitative estimate of drug-likeness (QED) is 0.871. The summed E-state index contributed by atoms with van der Waals surface area (Å²) in [5.74, 6) is -0.986. The zero-order chi connectivity index (χ0) is 15.4. The molecule has 0 saturated heterocycles. The number of nitrogens with one attached hydrogen (secondary N) is 1. The van der Waals surface area contributed by atoms with Crippen LogP contribution in [-0.2, 0) is 4.79 Å². The van der Waals surface area contributed by atoms with Crippen LogP contribution in [0, 0.1) is 0 Å². The van der Waals surface area contributed by atoms with Crippen LogP contribution in [0.5, 0.6) is 0 Å². The maximum absolute atomic E-state index is 12.2. The molecule has 6 heteroatoms. The largest absolute Gasteiger partial charge is 0.368 e. The van der Waals surface area contributed by atoms with Gasteiger partial charge in [0.2, 0.25) is 5.91 Å². The molecule has 6 nitrogen and oxygen atoms in total. The van der Waals surface area contributed by atoms with E-state index in [1.165, 1.54) is 6.20 Å². The normalized spacial score (nSPS) is 12.1. The molecule has 2 aromatic rings. The minimum atomic E-state index is -0.860. The summed E-state index contributed by atoms with van der Waals surface area (Å²) in [6.07, 6.45) is 3.11. The van der Waals surface area contributed by atoms with Gasteiger partial charge in [0.05, 0.1) is 11.8 Å². The van der Waals surface area contributed by atoms with E-state index in [2.05, 4.69) is 10.4 Å². The fraction of sp³-hybridized carbons (Fsp3) is 0.267. The number of primary amides is 1. The standard InChI is InChI=1S/C15H18N4O2/c1-10(2)19-9-12(8-17-19)15(21)18-13(14(16)20)11-6-4-3-5-7-11/h3-10,13H,1-2H3,(H2,16,20)(H,18,21)/t13-/m0/s1. The van der Waals surface area contributed by atoms with Crippen molar-refractivity contribution in [3.8, 4) is 0 Å². The molecule has 1 aromatic heterocycles. The summed E-state index contributed by atoms with van der Waals surface area (Å²) in [5.41, 5.74) is 6.42. The Morgan fingerprint density at radius 2 is 1.90 bits per heavy atom. The zero-order valence-electron chi connectivity index (χ0n) is 12.0. The lowest BCUT2D eigenvalue weighted by molar-refractivity contribution is -0.120. The van der Waals surface area contributed by atoms with E-state index >= 15 is 0 Å². The monoisotopic (exact) mass is 286 g/mol. The average Bonchev–Trinajstić information content (AvgIpc) is 2.95. The second kappa shape index (κ2) is 6.21. The van der Waals surface area contributed by atoms with E-state index in [1.54, 1.807) is 35.1 Å². The van der Waals surface area contributed by atoms with Gasteiger partial charge in [-0.25, -0.2) is 0 Å². The van der Waals surface area contributed by atoms with E-state index < -0.39 is 11.9 Å². The Morgan fingerprint density at radius 3 is 2.43 bits per heavy atom. The molecule has 2 rings (SSSR count). The van der Waals surface area contributed by atoms with Crippen LogP contribution in [0.1, 0.15) is 41.9 Å². The highest BCUT2D eigenvalue weighted by atomic mass is 16.2. The van der Waals surface area contributed by atoms with Gasteiger partial charge in [-0.05, 0) is 19.4 Å². The van der Waals surface area contributed by atoms with Crippen LogP contribution < -0.4 is 11.1 Å². The van der Waals surface area contributed by atoms with Gasteiger partial charge in [0.25, 0.3) is 5.91 Å². The number of nitrogens with two attached hydrogens (primary N) is 1. The predicted octanol–water partition coefficient (Wildman–Crippen LogP) is 1.42. The van der Waals surface area contributed by atoms with E-state index in [-0.39, 0.29) is 11.9 Å². The molecule has 0 bridgehead atoms. The number of nitrogens with zero attached hydrogens (tertiary/aromatic N) is 2. The van der Waals surface area contributed by atoms with Gasteiger partial charge in [-0.1, -0.05) is 30.3 Å². The number of hydrogen-bond donors (Lipinski definition) is 2. The van der Waals surface area contributed by atoms with Crippen molar-refractivity contribution in [3.63, 3.8) is 0 Å². The van der Waals surface area contributed by atoms with Crippen LogP contribution in [0.2, 0.25) is 0 Å². The van der Waals surface area contributed by atoms with Gasteiger partial charge in [0.1, 0.15) is 6.04 Å². The van der Waals surface area contributed by atoms with E-state index in [0.717, 1.165) is 0 Å². The molecule has 0 aliphatic heterocycles. The van der Waals surface area contributed by atoms with Gasteiger partial charge < -0.3 is 11.1 Å². The maximum Gasteiger partial charge on any atom is 0.255 e. The Labute approximate surface area is 122 Å². The van der Waals surface area contributed by atoms with Crippen molar-refractivity contribution >= 4 is 11.8 Å². The SMILES string of the molecule is CC(C)n1cc(C(=O)N[C@H](C(N)=O)c2ccccc2)cn1. The summed E-state index contributed by atoms with van der Waals surface area (Å²) < 4.78 is 1.68. The molecular formula is C15H18N4O2. The molecule has 1 aromatic carbocycles. The maximum atomic E-state index is 12.2. The Balaban J connectivity index is 2.17. The van der Waals surface area contributed by atoms with Crippen LogP contribution >= 0.6 is 0 Å². The summed E-state index contributed by atoms with van der Waals surface area (Å²) in [7, 11) is 0. The fourth-order valence-electron chi connectivity index (χ4n) is 1.92. The second-order valence-corrected chi connectivity index (χ2v) is 5.02. The summed E-state index contributed by atoms with van der Waals surface area (Å²) >= 11 is 0. The van der Waals surface area contributed by atoms with Crippen molar-refractivity contribution in [2.24, 2.45) is 5.73 Å². The van der Waals surface area contributed by atoms with E-state index in [0.29, 0.717) is 11.1 Å². The minimum absolute atomic E-state index is 0.160. The third kappa shape index (κ3) is 3.47. The van der Waals surface area contributed by atoms with Crippen LogP contribution in [0.15, 0.2) is 42.7 Å². The zero-order valence-corrected chi connectivity index (χ0v) is 12.0. The molecule has 1 atom stereocenters. The molecule has 1 heterocycles. The molecule has 2 amide bonds. The van der Waals surface area contributed by atoms with Crippen molar-refractivity contribution in [3.05, 3.63) is 53.9 Å². The summed E-state index contributed by atoms with van der Waals surface area (Å²) in [4.78, 5) is 23.8. The van der Waals surface area contributed by atoms with Crippen molar-refractivity contribution in [2.45, 2.75) is 25.9 Å². The first-order valence-electron chi connectivity index (χ1n) is 6.68. The Hall–Kier alpha value is -2.63. The molecule has 0 fully saturated rings. The lowest BCUT2D eigenvalue weighted by Gasteiger charge is -2.15. The van der Waals surface area contributed by atoms with Crippen molar-refractivity contribution in [1.82, 2.24) is 15.1 Å². The number of hydrogen-bond acceptors (Lipinski definition) is 3. The highest BCUT2D eigenvalue weighted by molar-refractivity contribution is 5.97. The highest BCUT2D eigenvalue weighted by Gasteiger charge is 2.21. The lowest BCUT2D eigenvalue weighted by atomic mass is 10.1. The molecule has 0 aliphatic carbocycles. The molecule has 0 saturated carbocycles. The smallest absolute Gasteiger partial charge is 0.255 e. The Kier molecular flexibility index (Phi) is 4.37. The van der Waals surface area contributed by atoms with Crippen molar-refractivity contribution < 1.29 is 9.59 Å². The average molecular weight is 286 g/mol. The number of amides is 2. The fourth-order valence-corrected chi connectivity index (χ4v) is 1.92. The minimum Gasteiger partial charge on any atom is -0.368 e. The molecule has 0 unspecified atom stereocenters. The summed E-state index contributed by atoms with van der Waals surface area (Å²) in [5, 5.41) is 6.74. The molecular weight excluding hydrogens is 268 g/mol. The van der Waals surface area contributed by atoms with Gasteiger partial charge in [0.15, 0.2) is 0 Å². The van der Waals surface area contributed by atoms with E-state index in [1.807, 2.05) is 19.9 Å². The van der Waals surface area contributed by atoms with Gasteiger partial charge in [-0.3, -0.25) is 14.3 Å². The molecule has 21 heavy (non-hydrogen) atoms.